The summed E-state index contributed by atoms with van der Waals surface area (Å²) in [5.41, 5.74) is 0.681. The fraction of sp³-hybridized carbons (Fsp3) is 0.562. The van der Waals surface area contributed by atoms with Crippen LogP contribution in [-0.2, 0) is 4.74 Å². The Balaban J connectivity index is 1.73. The van der Waals surface area contributed by atoms with Crippen molar-refractivity contribution in [1.82, 2.24) is 5.32 Å². The average Bonchev–Trinajstić information content (AvgIpc) is 2.49. The topological polar surface area (TPSA) is 47.6 Å². The second kappa shape index (κ2) is 7.90. The van der Waals surface area contributed by atoms with Crippen molar-refractivity contribution < 1.29 is 14.3 Å². The Bertz CT molecular complexity index is 410. The molecule has 0 unspecified atom stereocenters. The molecule has 0 saturated carbocycles. The first kappa shape index (κ1) is 14.9. The van der Waals surface area contributed by atoms with E-state index in [0.717, 1.165) is 44.8 Å². The Labute approximate surface area is 120 Å². The van der Waals surface area contributed by atoms with E-state index in [1.165, 1.54) is 0 Å². The van der Waals surface area contributed by atoms with E-state index >= 15 is 0 Å². The zero-order valence-electron chi connectivity index (χ0n) is 12.1. The molecule has 0 bridgehead atoms. The minimum absolute atomic E-state index is 0.0138. The first-order valence-corrected chi connectivity index (χ1v) is 7.38. The quantitative estimate of drug-likeness (QED) is 0.869. The van der Waals surface area contributed by atoms with Crippen molar-refractivity contribution in [2.75, 3.05) is 26.4 Å². The molecule has 1 aromatic rings. The van der Waals surface area contributed by atoms with Gasteiger partial charge in [0.2, 0.25) is 0 Å². The first-order chi connectivity index (χ1) is 9.79. The smallest absolute Gasteiger partial charge is 0.251 e. The molecule has 20 heavy (non-hydrogen) atoms. The number of ether oxygens (including phenoxy) is 2. The first-order valence-electron chi connectivity index (χ1n) is 7.38. The molecule has 1 heterocycles. The highest BCUT2D eigenvalue weighted by molar-refractivity contribution is 5.94. The van der Waals surface area contributed by atoms with Crippen molar-refractivity contribution in [1.29, 1.82) is 0 Å². The van der Waals surface area contributed by atoms with Crippen molar-refractivity contribution in [2.24, 2.45) is 5.92 Å². The van der Waals surface area contributed by atoms with E-state index in [0.29, 0.717) is 18.1 Å². The summed E-state index contributed by atoms with van der Waals surface area (Å²) in [4.78, 5) is 12.0. The number of amides is 1. The van der Waals surface area contributed by atoms with Gasteiger partial charge < -0.3 is 14.8 Å². The number of carbonyl (C=O) groups is 1. The maximum Gasteiger partial charge on any atom is 0.251 e. The third kappa shape index (κ3) is 4.53. The Morgan fingerprint density at radius 1 is 1.30 bits per heavy atom. The van der Waals surface area contributed by atoms with Gasteiger partial charge in [-0.05, 0) is 56.4 Å². The van der Waals surface area contributed by atoms with Crippen molar-refractivity contribution >= 4 is 5.91 Å². The number of hydrogen-bond acceptors (Lipinski definition) is 3. The van der Waals surface area contributed by atoms with Gasteiger partial charge in [-0.1, -0.05) is 0 Å². The molecule has 1 amide bonds. The molecule has 0 atom stereocenters. The highest BCUT2D eigenvalue weighted by Crippen LogP contribution is 2.17. The molecule has 1 aliphatic rings. The molecule has 0 radical (unpaired) electrons. The fourth-order valence-corrected chi connectivity index (χ4v) is 2.40. The Hall–Kier alpha value is -1.55. The lowest BCUT2D eigenvalue weighted by Crippen LogP contribution is -2.27. The van der Waals surface area contributed by atoms with Gasteiger partial charge in [-0.25, -0.2) is 0 Å². The summed E-state index contributed by atoms with van der Waals surface area (Å²) in [6.07, 6.45) is 3.25. The van der Waals surface area contributed by atoms with E-state index in [1.807, 2.05) is 19.1 Å². The molecular weight excluding hydrogens is 254 g/mol. The van der Waals surface area contributed by atoms with Crippen LogP contribution in [0.2, 0.25) is 0 Å². The molecule has 0 aliphatic carbocycles. The highest BCUT2D eigenvalue weighted by atomic mass is 16.5. The molecule has 1 aromatic carbocycles. The summed E-state index contributed by atoms with van der Waals surface area (Å²) < 4.78 is 10.7. The third-order valence-corrected chi connectivity index (χ3v) is 3.61. The number of rotatable bonds is 6. The van der Waals surface area contributed by atoms with Crippen molar-refractivity contribution in [2.45, 2.75) is 26.2 Å². The summed E-state index contributed by atoms with van der Waals surface area (Å²) in [5.74, 6) is 1.47. The minimum Gasteiger partial charge on any atom is -0.494 e. The van der Waals surface area contributed by atoms with Crippen LogP contribution < -0.4 is 10.1 Å². The molecule has 110 valence electrons. The lowest BCUT2D eigenvalue weighted by Gasteiger charge is -2.21. The SMILES string of the molecule is CCOc1ccc(C(=O)NCCC2CCOCC2)cc1. The van der Waals surface area contributed by atoms with Gasteiger partial charge in [-0.3, -0.25) is 4.79 Å². The molecule has 0 aromatic heterocycles. The average molecular weight is 277 g/mol. The second-order valence-electron chi connectivity index (χ2n) is 5.06. The highest BCUT2D eigenvalue weighted by Gasteiger charge is 2.14. The maximum atomic E-state index is 12.0. The normalized spacial score (nSPS) is 15.8. The van der Waals surface area contributed by atoms with Gasteiger partial charge in [-0.2, -0.15) is 0 Å². The van der Waals surface area contributed by atoms with Crippen molar-refractivity contribution in [3.05, 3.63) is 29.8 Å². The van der Waals surface area contributed by atoms with Gasteiger partial charge in [0.05, 0.1) is 6.61 Å². The second-order valence-corrected chi connectivity index (χ2v) is 5.06. The monoisotopic (exact) mass is 277 g/mol. The Morgan fingerprint density at radius 3 is 2.65 bits per heavy atom. The van der Waals surface area contributed by atoms with Crippen LogP contribution in [0.4, 0.5) is 0 Å². The number of carbonyl (C=O) groups excluding carboxylic acids is 1. The van der Waals surface area contributed by atoms with Crippen LogP contribution in [0.15, 0.2) is 24.3 Å². The Kier molecular flexibility index (Phi) is 5.87. The molecule has 2 rings (SSSR count). The van der Waals surface area contributed by atoms with Gasteiger partial charge in [0.1, 0.15) is 5.75 Å². The van der Waals surface area contributed by atoms with Crippen LogP contribution in [-0.4, -0.2) is 32.3 Å². The lowest BCUT2D eigenvalue weighted by molar-refractivity contribution is 0.0636. The predicted molar refractivity (Wildman–Crippen MR) is 78.1 cm³/mol. The van der Waals surface area contributed by atoms with E-state index in [2.05, 4.69) is 5.32 Å². The third-order valence-electron chi connectivity index (χ3n) is 3.61. The molecule has 1 saturated heterocycles. The minimum atomic E-state index is -0.0138. The van der Waals surface area contributed by atoms with Crippen LogP contribution in [0.3, 0.4) is 0 Å². The van der Waals surface area contributed by atoms with Crippen LogP contribution in [0.25, 0.3) is 0 Å². The summed E-state index contributed by atoms with van der Waals surface area (Å²) in [6, 6.07) is 7.26. The lowest BCUT2D eigenvalue weighted by atomic mass is 9.97. The summed E-state index contributed by atoms with van der Waals surface area (Å²) >= 11 is 0. The van der Waals surface area contributed by atoms with E-state index in [4.69, 9.17) is 9.47 Å². The maximum absolute atomic E-state index is 12.0. The fourth-order valence-electron chi connectivity index (χ4n) is 2.40. The van der Waals surface area contributed by atoms with Crippen molar-refractivity contribution in [3.8, 4) is 5.75 Å². The molecular formula is C16H23NO3. The Morgan fingerprint density at radius 2 is 2.00 bits per heavy atom. The molecule has 1 N–H and O–H groups in total. The molecule has 4 heteroatoms. The molecule has 4 nitrogen and oxygen atoms in total. The molecule has 1 fully saturated rings. The van der Waals surface area contributed by atoms with Crippen LogP contribution in [0.5, 0.6) is 5.75 Å². The van der Waals surface area contributed by atoms with E-state index in [1.54, 1.807) is 12.1 Å². The van der Waals surface area contributed by atoms with Crippen LogP contribution in [0.1, 0.15) is 36.5 Å². The largest absolute Gasteiger partial charge is 0.494 e. The van der Waals surface area contributed by atoms with Crippen molar-refractivity contribution in [3.63, 3.8) is 0 Å². The van der Waals surface area contributed by atoms with Gasteiger partial charge in [-0.15, -0.1) is 0 Å². The van der Waals surface area contributed by atoms with Crippen LogP contribution >= 0.6 is 0 Å². The van der Waals surface area contributed by atoms with E-state index in [9.17, 15) is 4.79 Å². The number of hydrogen-bond donors (Lipinski definition) is 1. The summed E-state index contributed by atoms with van der Waals surface area (Å²) in [6.45, 7) is 5.03. The van der Waals surface area contributed by atoms with Crippen LogP contribution in [0, 0.1) is 5.92 Å². The van der Waals surface area contributed by atoms with E-state index in [-0.39, 0.29) is 5.91 Å². The predicted octanol–water partition coefficient (Wildman–Crippen LogP) is 2.63. The van der Waals surface area contributed by atoms with E-state index < -0.39 is 0 Å². The zero-order valence-corrected chi connectivity index (χ0v) is 12.1. The van der Waals surface area contributed by atoms with Gasteiger partial charge >= 0.3 is 0 Å². The van der Waals surface area contributed by atoms with Gasteiger partial charge in [0.15, 0.2) is 0 Å². The summed E-state index contributed by atoms with van der Waals surface area (Å²) in [5, 5.41) is 2.98. The molecule has 0 spiro atoms. The van der Waals surface area contributed by atoms with Gasteiger partial charge in [0, 0.05) is 25.3 Å². The number of nitrogens with one attached hydrogen (secondary N) is 1. The zero-order chi connectivity index (χ0) is 14.2. The number of benzene rings is 1. The molecule has 1 aliphatic heterocycles. The van der Waals surface area contributed by atoms with Gasteiger partial charge in [0.25, 0.3) is 5.91 Å². The standard InChI is InChI=1S/C16H23NO3/c1-2-20-15-5-3-14(4-6-15)16(18)17-10-7-13-8-11-19-12-9-13/h3-6,13H,2,7-12H2,1H3,(H,17,18). The summed E-state index contributed by atoms with van der Waals surface area (Å²) in [7, 11) is 0.